The summed E-state index contributed by atoms with van der Waals surface area (Å²) in [4.78, 5) is 27.5. The Labute approximate surface area is 174 Å². The van der Waals surface area contributed by atoms with Gasteiger partial charge in [-0.2, -0.15) is 0 Å². The Bertz CT molecular complexity index is 1170. The van der Waals surface area contributed by atoms with Gasteiger partial charge in [-0.15, -0.1) is 0 Å². The van der Waals surface area contributed by atoms with Crippen molar-refractivity contribution in [3.8, 4) is 0 Å². The maximum Gasteiger partial charge on any atom is 0.418 e. The van der Waals surface area contributed by atoms with E-state index < -0.39 is 6.09 Å². The number of hydrogen-bond acceptors (Lipinski definition) is 4. The Morgan fingerprint density at radius 3 is 2.47 bits per heavy atom. The Kier molecular flexibility index (Phi) is 4.98. The summed E-state index contributed by atoms with van der Waals surface area (Å²) < 4.78 is 5.11. The first kappa shape index (κ1) is 19.3. The van der Waals surface area contributed by atoms with Crippen LogP contribution in [-0.2, 0) is 9.53 Å². The van der Waals surface area contributed by atoms with E-state index in [4.69, 9.17) is 10.5 Å². The summed E-state index contributed by atoms with van der Waals surface area (Å²) in [6, 6.07) is 22.0. The summed E-state index contributed by atoms with van der Waals surface area (Å²) >= 11 is 0. The van der Waals surface area contributed by atoms with E-state index in [0.29, 0.717) is 39.5 Å². The number of methoxy groups -OCH3 is 1. The summed E-state index contributed by atoms with van der Waals surface area (Å²) in [5, 5.41) is 2.87. The number of hydrogen-bond donors (Lipinski definition) is 2. The molecular weight excluding hydrogens is 378 g/mol. The molecule has 3 aromatic rings. The Hall–Kier alpha value is -4.06. The zero-order valence-corrected chi connectivity index (χ0v) is 16.7. The topological polar surface area (TPSA) is 84.7 Å². The molecule has 0 radical (unpaired) electrons. The van der Waals surface area contributed by atoms with Crippen LogP contribution in [0.25, 0.3) is 11.3 Å². The fourth-order valence-corrected chi connectivity index (χ4v) is 3.59. The van der Waals surface area contributed by atoms with Gasteiger partial charge in [-0.1, -0.05) is 42.5 Å². The standard InChI is InChI=1S/C24H21N3O3/c1-15-7-6-10-18(13-15)27(24(29)30-2)22(16-8-4-3-5-9-16)21-19-14-17(25)11-12-20(19)26-23(21)28/h3-14H,25H2,1-2H3,(H,26,28). The Morgan fingerprint density at radius 2 is 1.77 bits per heavy atom. The largest absolute Gasteiger partial charge is 0.452 e. The molecule has 6 nitrogen and oxygen atoms in total. The van der Waals surface area contributed by atoms with E-state index in [1.807, 2.05) is 55.5 Å². The molecule has 0 fully saturated rings. The maximum atomic E-state index is 13.1. The van der Waals surface area contributed by atoms with Crippen molar-refractivity contribution >= 4 is 40.3 Å². The second-order valence-electron chi connectivity index (χ2n) is 6.99. The van der Waals surface area contributed by atoms with Crippen molar-refractivity contribution in [3.63, 3.8) is 0 Å². The number of anilines is 3. The van der Waals surface area contributed by atoms with Gasteiger partial charge >= 0.3 is 6.09 Å². The number of fused-ring (bicyclic) bond motifs is 1. The van der Waals surface area contributed by atoms with E-state index in [0.717, 1.165) is 5.56 Å². The van der Waals surface area contributed by atoms with Crippen LogP contribution >= 0.6 is 0 Å². The molecule has 4 rings (SSSR count). The first-order valence-corrected chi connectivity index (χ1v) is 9.45. The van der Waals surface area contributed by atoms with E-state index in [1.54, 1.807) is 24.3 Å². The number of nitrogens with one attached hydrogen (secondary N) is 1. The van der Waals surface area contributed by atoms with Crippen LogP contribution in [0.5, 0.6) is 0 Å². The Balaban J connectivity index is 2.07. The third-order valence-corrected chi connectivity index (χ3v) is 4.91. The van der Waals surface area contributed by atoms with Crippen molar-refractivity contribution in [1.29, 1.82) is 0 Å². The molecule has 0 aromatic heterocycles. The molecule has 0 atom stereocenters. The highest BCUT2D eigenvalue weighted by molar-refractivity contribution is 6.39. The van der Waals surface area contributed by atoms with Gasteiger partial charge < -0.3 is 15.8 Å². The molecule has 0 saturated heterocycles. The Morgan fingerprint density at radius 1 is 1.00 bits per heavy atom. The van der Waals surface area contributed by atoms with Crippen LogP contribution < -0.4 is 16.0 Å². The van der Waals surface area contributed by atoms with Crippen LogP contribution in [0.15, 0.2) is 72.8 Å². The van der Waals surface area contributed by atoms with E-state index in [1.165, 1.54) is 12.0 Å². The summed E-state index contributed by atoms with van der Waals surface area (Å²) in [6.07, 6.45) is -0.600. The average molecular weight is 399 g/mol. The van der Waals surface area contributed by atoms with Crippen LogP contribution in [0.1, 0.15) is 16.7 Å². The van der Waals surface area contributed by atoms with Crippen molar-refractivity contribution in [3.05, 3.63) is 89.5 Å². The predicted octanol–water partition coefficient (Wildman–Crippen LogP) is 4.67. The number of nitrogens with zero attached hydrogens (tertiary/aromatic N) is 1. The molecule has 0 saturated carbocycles. The molecule has 150 valence electrons. The zero-order chi connectivity index (χ0) is 21.3. The molecule has 0 aliphatic carbocycles. The lowest BCUT2D eigenvalue weighted by Gasteiger charge is -2.26. The van der Waals surface area contributed by atoms with Gasteiger partial charge in [-0.25, -0.2) is 9.69 Å². The molecule has 2 amide bonds. The van der Waals surface area contributed by atoms with Crippen LogP contribution in [-0.4, -0.2) is 19.1 Å². The smallest absolute Gasteiger partial charge is 0.418 e. The molecule has 1 aliphatic rings. The van der Waals surface area contributed by atoms with E-state index in [2.05, 4.69) is 5.32 Å². The number of nitrogen functional groups attached to an aromatic ring is 1. The van der Waals surface area contributed by atoms with E-state index >= 15 is 0 Å². The third-order valence-electron chi connectivity index (χ3n) is 4.91. The molecule has 0 unspecified atom stereocenters. The molecule has 3 N–H and O–H groups in total. The van der Waals surface area contributed by atoms with Gasteiger partial charge in [0.1, 0.15) is 0 Å². The first-order chi connectivity index (χ1) is 14.5. The van der Waals surface area contributed by atoms with Crippen LogP contribution in [0, 0.1) is 6.92 Å². The molecule has 0 bridgehead atoms. The number of nitrogens with two attached hydrogens (primary N) is 1. The molecule has 1 heterocycles. The monoisotopic (exact) mass is 399 g/mol. The minimum absolute atomic E-state index is 0.309. The SMILES string of the molecule is COC(=O)N(C(=C1C(=O)Nc2ccc(N)cc21)c1ccccc1)c1cccc(C)c1. The lowest BCUT2D eigenvalue weighted by Crippen LogP contribution is -2.31. The fraction of sp³-hybridized carbons (Fsp3) is 0.0833. The second-order valence-corrected chi connectivity index (χ2v) is 6.99. The van der Waals surface area contributed by atoms with Crippen molar-refractivity contribution in [2.75, 3.05) is 23.1 Å². The zero-order valence-electron chi connectivity index (χ0n) is 16.7. The normalized spacial score (nSPS) is 14.0. The maximum absolute atomic E-state index is 13.1. The van der Waals surface area contributed by atoms with Gasteiger partial charge in [-0.3, -0.25) is 4.79 Å². The quantitative estimate of drug-likeness (QED) is 0.495. The van der Waals surface area contributed by atoms with Crippen LogP contribution in [0.2, 0.25) is 0 Å². The predicted molar refractivity (Wildman–Crippen MR) is 119 cm³/mol. The number of benzene rings is 3. The minimum Gasteiger partial charge on any atom is -0.452 e. The van der Waals surface area contributed by atoms with Gasteiger partial charge in [-0.05, 0) is 48.4 Å². The highest BCUT2D eigenvalue weighted by Crippen LogP contribution is 2.41. The molecule has 6 heteroatoms. The van der Waals surface area contributed by atoms with Crippen LogP contribution in [0.4, 0.5) is 21.9 Å². The lowest BCUT2D eigenvalue weighted by molar-refractivity contribution is -0.110. The number of rotatable bonds is 3. The number of carbonyl (C=O) groups is 2. The summed E-state index contributed by atoms with van der Waals surface area (Å²) in [5.74, 6) is -0.309. The summed E-state index contributed by atoms with van der Waals surface area (Å²) in [5.41, 5.74) is 10.9. The van der Waals surface area contributed by atoms with Gasteiger partial charge in [0.2, 0.25) is 0 Å². The molecule has 30 heavy (non-hydrogen) atoms. The summed E-state index contributed by atoms with van der Waals surface area (Å²) in [6.45, 7) is 1.94. The highest BCUT2D eigenvalue weighted by Gasteiger charge is 2.34. The van der Waals surface area contributed by atoms with E-state index in [9.17, 15) is 9.59 Å². The van der Waals surface area contributed by atoms with Crippen molar-refractivity contribution in [2.45, 2.75) is 6.92 Å². The van der Waals surface area contributed by atoms with Crippen molar-refractivity contribution < 1.29 is 14.3 Å². The highest BCUT2D eigenvalue weighted by atomic mass is 16.5. The molecule has 0 spiro atoms. The minimum atomic E-state index is -0.600. The average Bonchev–Trinajstić information content (AvgIpc) is 3.06. The number of aryl methyl sites for hydroxylation is 1. The van der Waals surface area contributed by atoms with Crippen molar-refractivity contribution in [1.82, 2.24) is 0 Å². The van der Waals surface area contributed by atoms with Gasteiger partial charge in [0.05, 0.1) is 24.1 Å². The number of carbonyl (C=O) groups excluding carboxylic acids is 2. The second kappa shape index (κ2) is 7.75. The van der Waals surface area contributed by atoms with Gasteiger partial charge in [0.15, 0.2) is 0 Å². The number of ether oxygens (including phenoxy) is 1. The lowest BCUT2D eigenvalue weighted by atomic mass is 9.98. The van der Waals surface area contributed by atoms with Gasteiger partial charge in [0, 0.05) is 16.9 Å². The van der Waals surface area contributed by atoms with Gasteiger partial charge in [0.25, 0.3) is 5.91 Å². The van der Waals surface area contributed by atoms with Crippen LogP contribution in [0.3, 0.4) is 0 Å². The number of amides is 2. The van der Waals surface area contributed by atoms with E-state index in [-0.39, 0.29) is 5.91 Å². The molecular formula is C24H21N3O3. The first-order valence-electron chi connectivity index (χ1n) is 9.45. The molecule has 1 aliphatic heterocycles. The van der Waals surface area contributed by atoms with Crippen molar-refractivity contribution in [2.24, 2.45) is 0 Å². The summed E-state index contributed by atoms with van der Waals surface area (Å²) in [7, 11) is 1.32. The molecule has 3 aromatic carbocycles. The third kappa shape index (κ3) is 3.39. The fourth-order valence-electron chi connectivity index (χ4n) is 3.59.